The van der Waals surface area contributed by atoms with Crippen LogP contribution in [0.3, 0.4) is 0 Å². The van der Waals surface area contributed by atoms with E-state index in [0.29, 0.717) is 0 Å². The first-order valence-electron chi connectivity index (χ1n) is 6.42. The fourth-order valence-corrected chi connectivity index (χ4v) is 2.39. The summed E-state index contributed by atoms with van der Waals surface area (Å²) < 4.78 is 0. The van der Waals surface area contributed by atoms with Gasteiger partial charge in [-0.1, -0.05) is 72.8 Å². The molecule has 2 aromatic rings. The van der Waals surface area contributed by atoms with E-state index in [9.17, 15) is 0 Å². The molecule has 2 aromatic carbocycles. The van der Waals surface area contributed by atoms with Gasteiger partial charge in [-0.15, -0.1) is 0 Å². The standard InChI is InChI=1S/2C9H8.2ClH.Zr/c2*1-2-5-9-7-3-6-8(9)4-1;;;/h2*1-6H,7H2;2*1H;/q;;;;+2/p-2. The van der Waals surface area contributed by atoms with Crippen molar-refractivity contribution in [3.05, 3.63) is 82.9 Å². The molecule has 4 rings (SSSR count). The van der Waals surface area contributed by atoms with Crippen molar-refractivity contribution in [2.24, 2.45) is 0 Å². The number of rotatable bonds is 0. The Morgan fingerprint density at radius 2 is 0.952 bits per heavy atom. The van der Waals surface area contributed by atoms with Gasteiger partial charge in [0, 0.05) is 0 Å². The topological polar surface area (TPSA) is 0 Å². The van der Waals surface area contributed by atoms with Gasteiger partial charge in [0.1, 0.15) is 0 Å². The Morgan fingerprint density at radius 3 is 1.33 bits per heavy atom. The molecule has 0 saturated heterocycles. The van der Waals surface area contributed by atoms with E-state index in [1.165, 1.54) is 22.3 Å². The van der Waals surface area contributed by atoms with Crippen LogP contribution in [-0.2, 0) is 39.0 Å². The first-order chi connectivity index (χ1) is 8.93. The Hall–Kier alpha value is -0.617. The number of halogens is 2. The van der Waals surface area contributed by atoms with Crippen LogP contribution in [0.2, 0.25) is 0 Å². The molecule has 2 aliphatic carbocycles. The summed E-state index contributed by atoms with van der Waals surface area (Å²) in [5.41, 5.74) is 5.69. The Kier molecular flexibility index (Phi) is 9.87. The second-order valence-corrected chi connectivity index (χ2v) is 4.61. The minimum absolute atomic E-state index is 0. The van der Waals surface area contributed by atoms with Crippen molar-refractivity contribution in [3.63, 3.8) is 0 Å². The molecule has 0 aliphatic heterocycles. The van der Waals surface area contributed by atoms with Crippen molar-refractivity contribution >= 4 is 12.2 Å². The summed E-state index contributed by atoms with van der Waals surface area (Å²) in [4.78, 5) is 0. The fourth-order valence-electron chi connectivity index (χ4n) is 2.39. The molecule has 0 amide bonds. The van der Waals surface area contributed by atoms with Crippen molar-refractivity contribution in [2.75, 3.05) is 0 Å². The third kappa shape index (κ3) is 5.26. The molecule has 0 bridgehead atoms. The molecule has 0 aromatic heterocycles. The van der Waals surface area contributed by atoms with Gasteiger partial charge in [0.05, 0.1) is 0 Å². The third-order valence-corrected chi connectivity index (χ3v) is 3.38. The molecule has 0 fully saturated rings. The van der Waals surface area contributed by atoms with Crippen LogP contribution < -0.4 is 24.8 Å². The van der Waals surface area contributed by atoms with E-state index in [4.69, 9.17) is 0 Å². The average molecular weight is 394 g/mol. The Bertz CT molecular complexity index is 563. The van der Waals surface area contributed by atoms with Crippen LogP contribution in [-0.4, -0.2) is 0 Å². The van der Waals surface area contributed by atoms with Crippen molar-refractivity contribution in [1.82, 2.24) is 0 Å². The Morgan fingerprint density at radius 1 is 0.571 bits per heavy atom. The summed E-state index contributed by atoms with van der Waals surface area (Å²) in [6.07, 6.45) is 11.0. The van der Waals surface area contributed by atoms with Crippen molar-refractivity contribution in [3.8, 4) is 0 Å². The van der Waals surface area contributed by atoms with Gasteiger partial charge in [0.25, 0.3) is 0 Å². The monoisotopic (exact) mass is 392 g/mol. The number of benzene rings is 2. The molecule has 3 heteroatoms. The largest absolute Gasteiger partial charge is 2.00 e. The molecule has 2 aliphatic rings. The van der Waals surface area contributed by atoms with Crippen LogP contribution >= 0.6 is 0 Å². The van der Waals surface area contributed by atoms with Gasteiger partial charge < -0.3 is 24.8 Å². The minimum atomic E-state index is 0. The molecular formula is C18H16Cl2Zr. The zero-order chi connectivity index (χ0) is 12.2. The maximum atomic E-state index is 2.20. The molecule has 0 nitrogen and oxygen atoms in total. The van der Waals surface area contributed by atoms with Crippen LogP contribution in [0.5, 0.6) is 0 Å². The molecule has 0 unspecified atom stereocenters. The van der Waals surface area contributed by atoms with Gasteiger partial charge in [-0.3, -0.25) is 0 Å². The van der Waals surface area contributed by atoms with E-state index in [1.807, 2.05) is 0 Å². The van der Waals surface area contributed by atoms with Crippen LogP contribution in [0.25, 0.3) is 12.2 Å². The average Bonchev–Trinajstić information content (AvgIpc) is 3.08. The van der Waals surface area contributed by atoms with Crippen LogP contribution in [0.15, 0.2) is 60.7 Å². The first-order valence-corrected chi connectivity index (χ1v) is 6.42. The third-order valence-electron chi connectivity index (χ3n) is 3.38. The van der Waals surface area contributed by atoms with Gasteiger partial charge in [-0.05, 0) is 35.1 Å². The van der Waals surface area contributed by atoms with Gasteiger partial charge in [0.2, 0.25) is 0 Å². The molecule has 106 valence electrons. The molecule has 21 heavy (non-hydrogen) atoms. The molecule has 0 radical (unpaired) electrons. The summed E-state index contributed by atoms with van der Waals surface area (Å²) in [6.45, 7) is 0. The Balaban J connectivity index is 0.000000333. The van der Waals surface area contributed by atoms with E-state index in [1.54, 1.807) is 0 Å². The zero-order valence-corrected chi connectivity index (χ0v) is 15.6. The zero-order valence-electron chi connectivity index (χ0n) is 11.6. The maximum absolute atomic E-state index is 2.20. The van der Waals surface area contributed by atoms with E-state index >= 15 is 0 Å². The molecule has 0 heterocycles. The van der Waals surface area contributed by atoms with E-state index < -0.39 is 0 Å². The summed E-state index contributed by atoms with van der Waals surface area (Å²) in [5.74, 6) is 0. The molecule has 0 N–H and O–H groups in total. The minimum Gasteiger partial charge on any atom is -1.00 e. The summed E-state index contributed by atoms with van der Waals surface area (Å²) in [6, 6.07) is 17.0. The number of fused-ring (bicyclic) bond motifs is 2. The summed E-state index contributed by atoms with van der Waals surface area (Å²) in [5, 5.41) is 0. The molecular weight excluding hydrogens is 378 g/mol. The SMILES string of the molecule is C1=Cc2ccccc2C1.C1=Cc2ccccc2C1.[Cl-].[Cl-].[Zr+2]. The number of hydrogen-bond acceptors (Lipinski definition) is 0. The predicted molar refractivity (Wildman–Crippen MR) is 78.4 cm³/mol. The summed E-state index contributed by atoms with van der Waals surface area (Å²) in [7, 11) is 0. The maximum Gasteiger partial charge on any atom is 2.00 e. The van der Waals surface area contributed by atoms with Crippen LogP contribution in [0.4, 0.5) is 0 Å². The van der Waals surface area contributed by atoms with E-state index in [-0.39, 0.29) is 51.0 Å². The van der Waals surface area contributed by atoms with Gasteiger partial charge in [-0.2, -0.15) is 0 Å². The van der Waals surface area contributed by atoms with Crippen LogP contribution in [0.1, 0.15) is 22.3 Å². The summed E-state index contributed by atoms with van der Waals surface area (Å²) >= 11 is 0. The van der Waals surface area contributed by atoms with Gasteiger partial charge in [-0.25, -0.2) is 0 Å². The quantitative estimate of drug-likeness (QED) is 0.511. The fraction of sp³-hybridized carbons (Fsp3) is 0.111. The Labute approximate surface area is 158 Å². The van der Waals surface area contributed by atoms with E-state index in [0.717, 1.165) is 12.8 Å². The molecule has 0 atom stereocenters. The number of hydrogen-bond donors (Lipinski definition) is 0. The predicted octanol–water partition coefficient (Wildman–Crippen LogP) is -1.48. The second kappa shape index (κ2) is 10.2. The van der Waals surface area contributed by atoms with Crippen molar-refractivity contribution < 1.29 is 51.0 Å². The van der Waals surface area contributed by atoms with Crippen molar-refractivity contribution in [1.29, 1.82) is 0 Å². The number of allylic oxidation sites excluding steroid dienone is 2. The van der Waals surface area contributed by atoms with Crippen LogP contribution in [0, 0.1) is 0 Å². The molecule has 0 spiro atoms. The van der Waals surface area contributed by atoms with Gasteiger partial charge >= 0.3 is 26.2 Å². The van der Waals surface area contributed by atoms with Crippen molar-refractivity contribution in [2.45, 2.75) is 12.8 Å². The first kappa shape index (κ1) is 20.4. The normalized spacial score (nSPS) is 11.8. The van der Waals surface area contributed by atoms with E-state index in [2.05, 4.69) is 72.8 Å². The van der Waals surface area contributed by atoms with Gasteiger partial charge in [0.15, 0.2) is 0 Å². The molecule has 0 saturated carbocycles. The second-order valence-electron chi connectivity index (χ2n) is 4.61. The smallest absolute Gasteiger partial charge is 1.00 e.